The van der Waals surface area contributed by atoms with Crippen molar-refractivity contribution in [1.82, 2.24) is 25.6 Å². The van der Waals surface area contributed by atoms with E-state index in [2.05, 4.69) is 126 Å². The number of methoxy groups -OCH3 is 1. The SMILES string of the molecule is C1=CN=CC1.C1CCC2NCCCC2C1.C1CCNCC1.COC(=O)Cc1ccc(-c2ccccc2)cc1.c1ccc2[nH]ccc2c1.c1ccc2ccccc2c1.c1ccc2ncccc2c1.c1ccc2occc2c1.c1ccccc1.c1ccncc1. The highest BCUT2D eigenvalue weighted by atomic mass is 16.5. The molecule has 7 heterocycles. The summed E-state index contributed by atoms with van der Waals surface area (Å²) < 4.78 is 9.75. The fourth-order valence-electron chi connectivity index (χ4n) is 10.0. The number of hydrogen-bond donors (Lipinski definition) is 3. The first kappa shape index (κ1) is 66.0. The third-order valence-corrected chi connectivity index (χ3v) is 14.7. The molecule has 9 nitrogen and oxygen atoms in total. The van der Waals surface area contributed by atoms with Gasteiger partial charge in [-0.25, -0.2) is 0 Å². The van der Waals surface area contributed by atoms with Crippen LogP contribution in [0.1, 0.15) is 69.8 Å². The molecule has 88 heavy (non-hydrogen) atoms. The highest BCUT2D eigenvalue weighted by Crippen LogP contribution is 2.30. The zero-order valence-electron chi connectivity index (χ0n) is 51.0. The molecule has 16 rings (SSSR count). The van der Waals surface area contributed by atoms with E-state index in [1.165, 1.54) is 117 Å². The minimum atomic E-state index is -0.211. The van der Waals surface area contributed by atoms with E-state index in [-0.39, 0.29) is 5.97 Å². The van der Waals surface area contributed by atoms with Gasteiger partial charge in [-0.3, -0.25) is 19.8 Å². The van der Waals surface area contributed by atoms with Gasteiger partial charge in [0.25, 0.3) is 0 Å². The van der Waals surface area contributed by atoms with Crippen molar-refractivity contribution in [2.45, 2.75) is 76.7 Å². The number of nitrogens with one attached hydrogen (secondary N) is 3. The Hall–Kier alpha value is -9.54. The van der Waals surface area contributed by atoms with Gasteiger partial charge in [-0.2, -0.15) is 0 Å². The predicted octanol–water partition coefficient (Wildman–Crippen LogP) is 19.2. The van der Waals surface area contributed by atoms with E-state index >= 15 is 0 Å². The molecule has 0 amide bonds. The topological polar surface area (TPSA) is 117 Å². The Labute approximate surface area is 521 Å². The van der Waals surface area contributed by atoms with Crippen molar-refractivity contribution in [1.29, 1.82) is 0 Å². The molecule has 0 spiro atoms. The first-order chi connectivity index (χ1) is 43.6. The summed E-state index contributed by atoms with van der Waals surface area (Å²) in [4.78, 5) is 26.0. The van der Waals surface area contributed by atoms with Gasteiger partial charge < -0.3 is 24.8 Å². The first-order valence-electron chi connectivity index (χ1n) is 31.0. The number of benzene rings is 8. The highest BCUT2D eigenvalue weighted by Gasteiger charge is 2.26. The van der Waals surface area contributed by atoms with Gasteiger partial charge in [0, 0.05) is 66.0 Å². The van der Waals surface area contributed by atoms with Crippen molar-refractivity contribution in [3.63, 3.8) is 0 Å². The summed E-state index contributed by atoms with van der Waals surface area (Å²) in [6.07, 6.45) is 29.0. The Morgan fingerprint density at radius 1 is 0.500 bits per heavy atom. The molecule has 8 aromatic carbocycles. The molecule has 450 valence electrons. The second-order valence-corrected chi connectivity index (χ2v) is 21.1. The van der Waals surface area contributed by atoms with Gasteiger partial charge in [-0.15, -0.1) is 0 Å². The number of pyridine rings is 2. The lowest BCUT2D eigenvalue weighted by Crippen LogP contribution is -2.42. The number of esters is 1. The molecule has 3 fully saturated rings. The molecular weight excluding hydrogens is 1080 g/mol. The summed E-state index contributed by atoms with van der Waals surface area (Å²) in [5, 5.41) is 13.2. The lowest BCUT2D eigenvalue weighted by atomic mass is 9.80. The lowest BCUT2D eigenvalue weighted by molar-refractivity contribution is -0.139. The smallest absolute Gasteiger partial charge is 0.309 e. The molecule has 0 radical (unpaired) electrons. The standard InChI is InChI=1S/C15H14O2.C10H8.C9H17N.C9H7N.C8H7N.C8H6O.C6H6.C5H11N.C5H5N.C4H5N/c1-17-15(16)11-12-7-9-14(10-8-12)13-5-3-2-4-6-13;1-2-6-10-8-4-3-7-9(10)5-1;2*1-2-6-9-8(4-1)5-3-7-10-9;2*1-2-4-8-7(3-1)5-6-9-8;3*1-2-4-6-5-3-1;1-2-4-5-3-1/h2-10H,11H2,1H3;1-8H;8-10H,1-7H2;1-7H;1-6,9H;1-6H;1-6H;6H,1-5H2;1-5H;1,3-4H,2H2. The van der Waals surface area contributed by atoms with Crippen LogP contribution >= 0.6 is 0 Å². The van der Waals surface area contributed by atoms with Crippen LogP contribution in [0.15, 0.2) is 308 Å². The van der Waals surface area contributed by atoms with Gasteiger partial charge in [0.05, 0.1) is 25.3 Å². The zero-order valence-corrected chi connectivity index (χ0v) is 51.0. The molecule has 4 aliphatic rings. The fraction of sp³-hybridized carbons (Fsp3) is 0.215. The molecule has 2 saturated heterocycles. The molecule has 1 aliphatic carbocycles. The molecule has 2 atom stereocenters. The number of rotatable bonds is 3. The number of carbonyl (C=O) groups excluding carboxylic acids is 1. The Bertz CT molecular complexity index is 3290. The number of hydrogen-bond acceptors (Lipinski definition) is 8. The van der Waals surface area contributed by atoms with Gasteiger partial charge in [0.1, 0.15) is 5.58 Å². The van der Waals surface area contributed by atoms with E-state index in [9.17, 15) is 4.79 Å². The number of aromatic nitrogens is 3. The van der Waals surface area contributed by atoms with Gasteiger partial charge >= 0.3 is 5.97 Å². The third-order valence-electron chi connectivity index (χ3n) is 14.7. The quantitative estimate of drug-likeness (QED) is 0.151. The molecule has 2 unspecified atom stereocenters. The molecule has 9 heteroatoms. The molecule has 3 aliphatic heterocycles. The normalized spacial score (nSPS) is 14.6. The van der Waals surface area contributed by atoms with Crippen LogP contribution < -0.4 is 10.6 Å². The number of carbonyl (C=O) groups is 1. The van der Waals surface area contributed by atoms with Gasteiger partial charge in [-0.1, -0.05) is 232 Å². The third kappa shape index (κ3) is 26.0. The maximum absolute atomic E-state index is 11.1. The van der Waals surface area contributed by atoms with Crippen molar-refractivity contribution in [2.24, 2.45) is 10.9 Å². The van der Waals surface area contributed by atoms with E-state index < -0.39 is 0 Å². The number of para-hydroxylation sites is 3. The van der Waals surface area contributed by atoms with Crippen LogP contribution in [-0.2, 0) is 16.0 Å². The average molecular weight is 1170 g/mol. The number of nitrogens with zero attached hydrogens (tertiary/aromatic N) is 3. The number of allylic oxidation sites excluding steroid dienone is 1. The Morgan fingerprint density at radius 3 is 1.61 bits per heavy atom. The van der Waals surface area contributed by atoms with E-state index in [0.717, 1.165) is 46.0 Å². The van der Waals surface area contributed by atoms with Crippen LogP contribution in [0.5, 0.6) is 0 Å². The van der Waals surface area contributed by atoms with Gasteiger partial charge in [-0.05, 0) is 145 Å². The van der Waals surface area contributed by atoms with Crippen molar-refractivity contribution < 1.29 is 13.9 Å². The fourth-order valence-corrected chi connectivity index (χ4v) is 10.0. The minimum Gasteiger partial charge on any atom is -0.469 e. The lowest BCUT2D eigenvalue weighted by Gasteiger charge is -2.36. The number of aromatic amines is 1. The highest BCUT2D eigenvalue weighted by molar-refractivity contribution is 5.82. The van der Waals surface area contributed by atoms with E-state index in [1.54, 1.807) is 24.9 Å². The summed E-state index contributed by atoms with van der Waals surface area (Å²) in [5.41, 5.74) is 6.52. The summed E-state index contributed by atoms with van der Waals surface area (Å²) in [6, 6.07) is 85.7. The predicted molar refractivity (Wildman–Crippen MR) is 370 cm³/mol. The molecule has 1 saturated carbocycles. The number of ether oxygens (including phenoxy) is 1. The van der Waals surface area contributed by atoms with Crippen LogP contribution in [0.4, 0.5) is 0 Å². The van der Waals surface area contributed by atoms with Crippen LogP contribution in [0.2, 0.25) is 0 Å². The Balaban J connectivity index is 0.000000142. The zero-order chi connectivity index (χ0) is 61.0. The minimum absolute atomic E-state index is 0.211. The van der Waals surface area contributed by atoms with E-state index in [1.807, 2.05) is 188 Å². The second kappa shape index (κ2) is 41.5. The van der Waals surface area contributed by atoms with Crippen molar-refractivity contribution in [3.8, 4) is 11.1 Å². The molecule has 3 N–H and O–H groups in total. The largest absolute Gasteiger partial charge is 0.469 e. The van der Waals surface area contributed by atoms with Crippen LogP contribution in [0.3, 0.4) is 0 Å². The summed E-state index contributed by atoms with van der Waals surface area (Å²) >= 11 is 0. The van der Waals surface area contributed by atoms with Crippen LogP contribution in [0, 0.1) is 5.92 Å². The Kier molecular flexibility index (Phi) is 31.1. The van der Waals surface area contributed by atoms with Crippen LogP contribution in [-0.4, -0.2) is 59.9 Å². The number of aliphatic imine (C=N–C) groups is 1. The number of furan rings is 1. The monoisotopic (exact) mass is 1170 g/mol. The van der Waals surface area contributed by atoms with Gasteiger partial charge in [0.15, 0.2) is 0 Å². The second-order valence-electron chi connectivity index (χ2n) is 21.1. The molecular formula is C79H86N6O3. The molecule has 0 bridgehead atoms. The number of H-pyrrole nitrogens is 1. The van der Waals surface area contributed by atoms with Crippen LogP contribution in [0.25, 0.3) is 54.7 Å². The summed E-state index contributed by atoms with van der Waals surface area (Å²) in [6.45, 7) is 3.78. The maximum atomic E-state index is 11.1. The summed E-state index contributed by atoms with van der Waals surface area (Å²) in [7, 11) is 1.40. The number of fused-ring (bicyclic) bond motifs is 5. The van der Waals surface area contributed by atoms with Crippen molar-refractivity contribution >= 4 is 55.7 Å². The Morgan fingerprint density at radius 2 is 1.07 bits per heavy atom. The summed E-state index contributed by atoms with van der Waals surface area (Å²) in [5.74, 6) is 0.833. The molecule has 12 aromatic rings. The van der Waals surface area contributed by atoms with Gasteiger partial charge in [0.2, 0.25) is 0 Å². The first-order valence-corrected chi connectivity index (χ1v) is 31.0. The number of piperidine rings is 2. The van der Waals surface area contributed by atoms with E-state index in [4.69, 9.17) is 4.42 Å². The van der Waals surface area contributed by atoms with Crippen molar-refractivity contribution in [2.75, 3.05) is 26.7 Å². The molecule has 4 aromatic heterocycles. The van der Waals surface area contributed by atoms with Crippen molar-refractivity contribution in [3.05, 3.63) is 304 Å². The maximum Gasteiger partial charge on any atom is 0.309 e. The average Bonchev–Trinajstić information content (AvgIpc) is 4.53. The van der Waals surface area contributed by atoms with E-state index in [0.29, 0.717) is 6.42 Å².